The number of nitrogens with zero attached hydrogens (tertiary/aromatic N) is 3. The van der Waals surface area contributed by atoms with Crippen LogP contribution in [0.25, 0.3) is 11.0 Å². The smallest absolute Gasteiger partial charge is 0.255 e. The van der Waals surface area contributed by atoms with Crippen LogP contribution in [0.3, 0.4) is 0 Å². The Labute approximate surface area is 163 Å². The maximum absolute atomic E-state index is 13.3. The third-order valence-corrected chi connectivity index (χ3v) is 4.24. The van der Waals surface area contributed by atoms with Crippen molar-refractivity contribution in [3.63, 3.8) is 0 Å². The number of imidazole rings is 1. The maximum Gasteiger partial charge on any atom is 0.255 e. The summed E-state index contributed by atoms with van der Waals surface area (Å²) in [7, 11) is 1.88. The third-order valence-electron chi connectivity index (χ3n) is 4.24. The van der Waals surface area contributed by atoms with Crippen molar-refractivity contribution in [2.45, 2.75) is 27.2 Å². The predicted octanol–water partition coefficient (Wildman–Crippen LogP) is 2.96. The second-order valence-electron chi connectivity index (χ2n) is 8.08. The van der Waals surface area contributed by atoms with E-state index in [9.17, 15) is 9.18 Å². The van der Waals surface area contributed by atoms with Gasteiger partial charge in [-0.15, -0.1) is 0 Å². The summed E-state index contributed by atoms with van der Waals surface area (Å²) in [6.45, 7) is 7.37. The van der Waals surface area contributed by atoms with E-state index in [0.717, 1.165) is 0 Å². The molecule has 0 aliphatic heterocycles. The van der Waals surface area contributed by atoms with Gasteiger partial charge in [0.2, 0.25) is 0 Å². The third kappa shape index (κ3) is 4.85. The molecule has 0 atom stereocenters. The molecule has 7 heteroatoms. The number of hydrogen-bond donors (Lipinski definition) is 2. The van der Waals surface area contributed by atoms with Gasteiger partial charge in [0.15, 0.2) is 0 Å². The minimum absolute atomic E-state index is 0.0390. The summed E-state index contributed by atoms with van der Waals surface area (Å²) in [4.78, 5) is 24.8. The lowest BCUT2D eigenvalue weighted by molar-refractivity contribution is 0.0951. The Morgan fingerprint density at radius 1 is 1.32 bits per heavy atom. The molecule has 0 radical (unpaired) electrons. The molecule has 0 fully saturated rings. The average molecular weight is 383 g/mol. The zero-order chi connectivity index (χ0) is 20.3. The minimum atomic E-state index is -0.306. The topological polar surface area (TPSA) is 75.1 Å². The van der Waals surface area contributed by atoms with Crippen molar-refractivity contribution < 1.29 is 9.18 Å². The number of aryl methyl sites for hydroxylation is 1. The van der Waals surface area contributed by atoms with Gasteiger partial charge < -0.3 is 14.9 Å². The molecule has 1 amide bonds. The maximum atomic E-state index is 13.3. The van der Waals surface area contributed by atoms with Crippen LogP contribution in [0.4, 0.5) is 4.39 Å². The van der Waals surface area contributed by atoms with Crippen LogP contribution >= 0.6 is 0 Å². The Balaban J connectivity index is 1.70. The highest BCUT2D eigenvalue weighted by Crippen LogP contribution is 2.13. The standard InChI is InChI=1S/C21H26FN5O/c1-21(2,3)13-24-19-15(6-5-11-27(19)4)20(28)23-10-9-18-25-16-8-7-14(22)12-17(16)26-18/h5-8,11-12H,9-10,13H2,1-4H3,(H,23,28)(H,25,26). The number of aromatic nitrogens is 3. The number of carbonyl (C=O) groups excluding carboxylic acids is 1. The molecule has 3 aromatic rings. The van der Waals surface area contributed by atoms with E-state index in [-0.39, 0.29) is 17.1 Å². The van der Waals surface area contributed by atoms with E-state index in [2.05, 4.69) is 41.0 Å². The van der Waals surface area contributed by atoms with Gasteiger partial charge in [0.1, 0.15) is 17.1 Å². The lowest BCUT2D eigenvalue weighted by atomic mass is 9.97. The molecule has 0 saturated carbocycles. The van der Waals surface area contributed by atoms with Crippen LogP contribution in [0.5, 0.6) is 0 Å². The molecule has 0 aliphatic rings. The first-order valence-corrected chi connectivity index (χ1v) is 9.31. The minimum Gasteiger partial charge on any atom is -0.351 e. The number of pyridine rings is 1. The van der Waals surface area contributed by atoms with Crippen molar-refractivity contribution in [2.75, 3.05) is 13.1 Å². The highest BCUT2D eigenvalue weighted by Gasteiger charge is 2.13. The first-order valence-electron chi connectivity index (χ1n) is 9.31. The fraction of sp³-hybridized carbons (Fsp3) is 0.381. The SMILES string of the molecule is Cn1cccc(C(=O)NCCc2nc3ccc(F)cc3[nH]2)c1=NCC(C)(C)C. The van der Waals surface area contributed by atoms with E-state index < -0.39 is 0 Å². The van der Waals surface area contributed by atoms with Crippen LogP contribution in [-0.4, -0.2) is 33.5 Å². The molecule has 0 unspecified atom stereocenters. The molecule has 0 saturated heterocycles. The summed E-state index contributed by atoms with van der Waals surface area (Å²) in [5.74, 6) is 0.225. The highest BCUT2D eigenvalue weighted by atomic mass is 19.1. The monoisotopic (exact) mass is 383 g/mol. The first-order chi connectivity index (χ1) is 13.2. The second-order valence-corrected chi connectivity index (χ2v) is 8.08. The van der Waals surface area contributed by atoms with Gasteiger partial charge in [-0.2, -0.15) is 0 Å². The van der Waals surface area contributed by atoms with Crippen LogP contribution in [-0.2, 0) is 13.5 Å². The number of fused-ring (bicyclic) bond motifs is 1. The predicted molar refractivity (Wildman–Crippen MR) is 107 cm³/mol. The largest absolute Gasteiger partial charge is 0.351 e. The molecule has 0 aliphatic carbocycles. The zero-order valence-corrected chi connectivity index (χ0v) is 16.7. The number of H-pyrrole nitrogens is 1. The fourth-order valence-electron chi connectivity index (χ4n) is 2.83. The summed E-state index contributed by atoms with van der Waals surface area (Å²) >= 11 is 0. The molecular formula is C21H26FN5O. The Morgan fingerprint density at radius 3 is 2.86 bits per heavy atom. The van der Waals surface area contributed by atoms with Gasteiger partial charge in [0.25, 0.3) is 5.91 Å². The van der Waals surface area contributed by atoms with Gasteiger partial charge in [-0.1, -0.05) is 20.8 Å². The second kappa shape index (κ2) is 7.96. The normalized spacial score (nSPS) is 12.5. The van der Waals surface area contributed by atoms with Crippen molar-refractivity contribution in [2.24, 2.45) is 17.5 Å². The Morgan fingerprint density at radius 2 is 2.11 bits per heavy atom. The Hall–Kier alpha value is -2.96. The summed E-state index contributed by atoms with van der Waals surface area (Å²) in [6, 6.07) is 8.04. The van der Waals surface area contributed by atoms with E-state index in [0.29, 0.717) is 47.4 Å². The van der Waals surface area contributed by atoms with Crippen LogP contribution in [0.2, 0.25) is 0 Å². The van der Waals surface area contributed by atoms with Crippen LogP contribution in [0.15, 0.2) is 41.5 Å². The van der Waals surface area contributed by atoms with Crippen molar-refractivity contribution in [1.82, 2.24) is 19.9 Å². The first kappa shape index (κ1) is 19.8. The van der Waals surface area contributed by atoms with Crippen LogP contribution in [0.1, 0.15) is 37.0 Å². The zero-order valence-electron chi connectivity index (χ0n) is 16.7. The van der Waals surface area contributed by atoms with Crippen molar-refractivity contribution >= 4 is 16.9 Å². The average Bonchev–Trinajstić information content (AvgIpc) is 3.01. The molecule has 6 nitrogen and oxygen atoms in total. The van der Waals surface area contributed by atoms with E-state index in [1.165, 1.54) is 12.1 Å². The quantitative estimate of drug-likeness (QED) is 0.711. The van der Waals surface area contributed by atoms with Gasteiger partial charge in [0.05, 0.1) is 16.6 Å². The van der Waals surface area contributed by atoms with Gasteiger partial charge in [-0.25, -0.2) is 9.37 Å². The number of rotatable bonds is 5. The van der Waals surface area contributed by atoms with E-state index >= 15 is 0 Å². The van der Waals surface area contributed by atoms with Crippen molar-refractivity contribution in [3.8, 4) is 0 Å². The fourth-order valence-corrected chi connectivity index (χ4v) is 2.83. The lowest BCUT2D eigenvalue weighted by Crippen LogP contribution is -2.34. The number of hydrogen-bond acceptors (Lipinski definition) is 3. The Bertz CT molecular complexity index is 1060. The molecule has 2 heterocycles. The van der Waals surface area contributed by atoms with Crippen LogP contribution < -0.4 is 10.8 Å². The number of amides is 1. The summed E-state index contributed by atoms with van der Waals surface area (Å²) in [5, 5.41) is 2.92. The lowest BCUT2D eigenvalue weighted by Gasteiger charge is -2.15. The number of aromatic amines is 1. The van der Waals surface area contributed by atoms with Crippen LogP contribution in [0, 0.1) is 11.2 Å². The van der Waals surface area contributed by atoms with Crippen molar-refractivity contribution in [1.29, 1.82) is 0 Å². The molecule has 28 heavy (non-hydrogen) atoms. The van der Waals surface area contributed by atoms with E-state index in [1.54, 1.807) is 12.1 Å². The summed E-state index contributed by atoms with van der Waals surface area (Å²) < 4.78 is 15.1. The molecule has 2 aromatic heterocycles. The summed E-state index contributed by atoms with van der Waals surface area (Å²) in [6.07, 6.45) is 2.40. The number of halogens is 1. The van der Waals surface area contributed by atoms with Gasteiger partial charge in [-0.05, 0) is 35.7 Å². The molecule has 148 valence electrons. The highest BCUT2D eigenvalue weighted by molar-refractivity contribution is 5.93. The van der Waals surface area contributed by atoms with E-state index in [1.807, 2.05) is 23.9 Å². The molecule has 0 bridgehead atoms. The van der Waals surface area contributed by atoms with E-state index in [4.69, 9.17) is 0 Å². The molecule has 1 aromatic carbocycles. The van der Waals surface area contributed by atoms with Crippen molar-refractivity contribution in [3.05, 3.63) is 59.2 Å². The Kier molecular flexibility index (Phi) is 5.63. The summed E-state index contributed by atoms with van der Waals surface area (Å²) in [5.41, 5.74) is 2.60. The van der Waals surface area contributed by atoms with Gasteiger partial charge in [-0.3, -0.25) is 9.79 Å². The molecule has 2 N–H and O–H groups in total. The number of carbonyl (C=O) groups is 1. The van der Waals surface area contributed by atoms with Gasteiger partial charge in [0, 0.05) is 32.8 Å². The molecule has 3 rings (SSSR count). The molecular weight excluding hydrogens is 357 g/mol. The number of benzene rings is 1. The van der Waals surface area contributed by atoms with Gasteiger partial charge >= 0.3 is 0 Å². The molecule has 0 spiro atoms. The number of nitrogens with one attached hydrogen (secondary N) is 2.